The minimum atomic E-state index is -1.14. The Labute approximate surface area is 184 Å². The molecule has 2 amide bonds. The molecule has 3 rings (SSSR count). The number of benzene rings is 1. The summed E-state index contributed by atoms with van der Waals surface area (Å²) >= 11 is 12.4. The van der Waals surface area contributed by atoms with E-state index in [4.69, 9.17) is 29.5 Å². The van der Waals surface area contributed by atoms with Gasteiger partial charge < -0.3 is 10.4 Å². The normalized spacial score (nSPS) is 14.9. The van der Waals surface area contributed by atoms with Gasteiger partial charge in [0, 0.05) is 10.9 Å². The molecule has 3 N–H and O–H groups in total. The van der Waals surface area contributed by atoms with Gasteiger partial charge in [-0.15, -0.1) is 11.3 Å². The summed E-state index contributed by atoms with van der Waals surface area (Å²) in [5, 5.41) is 16.4. The van der Waals surface area contributed by atoms with Crippen LogP contribution in [-0.2, 0) is 9.59 Å². The molecular formula is C17H12N4O4S4. The number of carbonyl (C=O) groups is 3. The standard InChI is InChI=1S/C17H12N4O4S4/c22-12(23)7-21-14(25)11(29-17(21)27)6-10-8-28-16(18-10)20-15(26)19-13(24)9-4-2-1-3-5-9/h1-6,8H,7H2,(H,22,23)(H2,18,19,20,24,26). The van der Waals surface area contributed by atoms with Crippen molar-refractivity contribution < 1.29 is 19.5 Å². The van der Waals surface area contributed by atoms with E-state index in [9.17, 15) is 14.4 Å². The molecule has 0 atom stereocenters. The lowest BCUT2D eigenvalue weighted by Crippen LogP contribution is -2.34. The smallest absolute Gasteiger partial charge is 0.323 e. The molecule has 1 fully saturated rings. The van der Waals surface area contributed by atoms with Crippen LogP contribution in [0, 0.1) is 0 Å². The Morgan fingerprint density at radius 2 is 2.00 bits per heavy atom. The molecule has 2 aromatic rings. The van der Waals surface area contributed by atoms with E-state index in [-0.39, 0.29) is 20.2 Å². The third kappa shape index (κ3) is 5.44. The summed E-state index contributed by atoms with van der Waals surface area (Å²) < 4.78 is 0.182. The molecular weight excluding hydrogens is 452 g/mol. The van der Waals surface area contributed by atoms with Gasteiger partial charge in [0.15, 0.2) is 10.2 Å². The first kappa shape index (κ1) is 21.0. The zero-order valence-electron chi connectivity index (χ0n) is 14.4. The van der Waals surface area contributed by atoms with Crippen LogP contribution in [0.25, 0.3) is 6.08 Å². The number of thiazole rings is 1. The number of anilines is 1. The number of hydrogen-bond acceptors (Lipinski definition) is 8. The van der Waals surface area contributed by atoms with Gasteiger partial charge in [-0.2, -0.15) is 0 Å². The van der Waals surface area contributed by atoms with Crippen molar-refractivity contribution in [1.82, 2.24) is 15.2 Å². The predicted octanol–water partition coefficient (Wildman–Crippen LogP) is 2.56. The average molecular weight is 465 g/mol. The highest BCUT2D eigenvalue weighted by Crippen LogP contribution is 2.32. The van der Waals surface area contributed by atoms with Crippen molar-refractivity contribution in [3.63, 3.8) is 0 Å². The van der Waals surface area contributed by atoms with E-state index in [2.05, 4.69) is 15.6 Å². The third-order valence-corrected chi connectivity index (χ3v) is 5.81. The van der Waals surface area contributed by atoms with E-state index >= 15 is 0 Å². The number of nitrogens with one attached hydrogen (secondary N) is 2. The zero-order chi connectivity index (χ0) is 21.0. The van der Waals surface area contributed by atoms with Crippen molar-refractivity contribution in [2.45, 2.75) is 0 Å². The van der Waals surface area contributed by atoms with Gasteiger partial charge in [0.05, 0.1) is 10.6 Å². The molecule has 1 aromatic carbocycles. The number of rotatable bonds is 5. The molecule has 0 spiro atoms. The quantitative estimate of drug-likeness (QED) is 0.454. The number of nitrogens with zero attached hydrogens (tertiary/aromatic N) is 2. The van der Waals surface area contributed by atoms with E-state index in [1.807, 2.05) is 0 Å². The van der Waals surface area contributed by atoms with E-state index < -0.39 is 18.4 Å². The van der Waals surface area contributed by atoms with Crippen molar-refractivity contribution in [3.8, 4) is 0 Å². The topological polar surface area (TPSA) is 112 Å². The van der Waals surface area contributed by atoms with Crippen molar-refractivity contribution in [2.24, 2.45) is 0 Å². The molecule has 2 heterocycles. The van der Waals surface area contributed by atoms with Crippen LogP contribution in [0.1, 0.15) is 16.1 Å². The van der Waals surface area contributed by atoms with Crippen LogP contribution in [-0.4, -0.2) is 48.8 Å². The molecule has 1 aliphatic rings. The van der Waals surface area contributed by atoms with Crippen LogP contribution in [0.3, 0.4) is 0 Å². The fourth-order valence-corrected chi connectivity index (χ4v) is 4.37. The van der Waals surface area contributed by atoms with Crippen LogP contribution >= 0.6 is 47.5 Å². The van der Waals surface area contributed by atoms with Gasteiger partial charge in [-0.3, -0.25) is 24.6 Å². The minimum Gasteiger partial charge on any atom is -0.480 e. The van der Waals surface area contributed by atoms with E-state index in [1.165, 1.54) is 17.4 Å². The van der Waals surface area contributed by atoms with Crippen molar-refractivity contribution in [1.29, 1.82) is 0 Å². The highest BCUT2D eigenvalue weighted by atomic mass is 32.2. The molecule has 0 radical (unpaired) electrons. The largest absolute Gasteiger partial charge is 0.480 e. The summed E-state index contributed by atoms with van der Waals surface area (Å²) in [6, 6.07) is 8.63. The number of carboxylic acids is 1. The number of hydrogen-bond donors (Lipinski definition) is 3. The number of thiocarbonyl (C=S) groups is 2. The second-order valence-electron chi connectivity index (χ2n) is 5.51. The van der Waals surface area contributed by atoms with Gasteiger partial charge in [0.1, 0.15) is 10.9 Å². The SMILES string of the molecule is O=C(O)CN1C(=O)C(=Cc2csc(NC(=S)NC(=O)c3ccccc3)n2)SC1=S. The molecule has 0 saturated carbocycles. The summed E-state index contributed by atoms with van der Waals surface area (Å²) in [5.74, 6) is -1.97. The molecule has 12 heteroatoms. The van der Waals surface area contributed by atoms with Crippen molar-refractivity contribution in [3.05, 3.63) is 51.9 Å². The lowest BCUT2D eigenvalue weighted by molar-refractivity contribution is -0.140. The Morgan fingerprint density at radius 1 is 1.28 bits per heavy atom. The minimum absolute atomic E-state index is 0.0903. The predicted molar refractivity (Wildman–Crippen MR) is 120 cm³/mol. The van der Waals surface area contributed by atoms with Crippen LogP contribution in [0.15, 0.2) is 40.6 Å². The van der Waals surface area contributed by atoms with Gasteiger partial charge in [0.25, 0.3) is 11.8 Å². The summed E-state index contributed by atoms with van der Waals surface area (Å²) in [6.07, 6.45) is 1.52. The summed E-state index contributed by atoms with van der Waals surface area (Å²) in [5.41, 5.74) is 0.949. The van der Waals surface area contributed by atoms with Crippen LogP contribution < -0.4 is 10.6 Å². The Balaban J connectivity index is 1.62. The number of aliphatic carboxylic acids is 1. The summed E-state index contributed by atoms with van der Waals surface area (Å²) in [7, 11) is 0. The molecule has 8 nitrogen and oxygen atoms in total. The van der Waals surface area contributed by atoms with Crippen molar-refractivity contribution >= 4 is 86.0 Å². The van der Waals surface area contributed by atoms with Crippen LogP contribution in [0.5, 0.6) is 0 Å². The van der Waals surface area contributed by atoms with Crippen LogP contribution in [0.2, 0.25) is 0 Å². The molecule has 1 aromatic heterocycles. The van der Waals surface area contributed by atoms with Gasteiger partial charge in [-0.25, -0.2) is 4.98 Å². The summed E-state index contributed by atoms with van der Waals surface area (Å²) in [4.78, 5) is 40.8. The molecule has 1 aliphatic heterocycles. The molecule has 0 unspecified atom stereocenters. The highest BCUT2D eigenvalue weighted by Gasteiger charge is 2.33. The molecule has 29 heavy (non-hydrogen) atoms. The second-order valence-corrected chi connectivity index (χ2v) is 8.46. The Kier molecular flexibility index (Phi) is 6.69. The van der Waals surface area contributed by atoms with Crippen molar-refractivity contribution in [2.75, 3.05) is 11.9 Å². The third-order valence-electron chi connectivity index (χ3n) is 3.45. The maximum Gasteiger partial charge on any atom is 0.323 e. The number of carbonyl (C=O) groups excluding carboxylic acids is 2. The first-order valence-corrected chi connectivity index (χ1v) is 10.4. The first-order valence-electron chi connectivity index (χ1n) is 7.93. The fraction of sp³-hybridized carbons (Fsp3) is 0.0588. The Morgan fingerprint density at radius 3 is 2.69 bits per heavy atom. The summed E-state index contributed by atoms with van der Waals surface area (Å²) in [6.45, 7) is -0.485. The fourth-order valence-electron chi connectivity index (χ4n) is 2.21. The monoisotopic (exact) mass is 464 g/mol. The zero-order valence-corrected chi connectivity index (χ0v) is 17.7. The maximum atomic E-state index is 12.3. The van der Waals surface area contributed by atoms with Gasteiger partial charge in [-0.1, -0.05) is 42.2 Å². The van der Waals surface area contributed by atoms with E-state index in [0.29, 0.717) is 16.4 Å². The lowest BCUT2D eigenvalue weighted by atomic mass is 10.2. The highest BCUT2D eigenvalue weighted by molar-refractivity contribution is 8.26. The van der Waals surface area contributed by atoms with Gasteiger partial charge >= 0.3 is 5.97 Å². The van der Waals surface area contributed by atoms with E-state index in [1.54, 1.807) is 35.7 Å². The Bertz CT molecular complexity index is 1040. The Hall–Kier alpha value is -2.67. The number of thioether (sulfide) groups is 1. The lowest BCUT2D eigenvalue weighted by Gasteiger charge is -2.09. The molecule has 148 valence electrons. The first-order chi connectivity index (χ1) is 13.8. The number of aromatic nitrogens is 1. The number of amides is 2. The van der Waals surface area contributed by atoms with Gasteiger partial charge in [-0.05, 0) is 30.4 Å². The second kappa shape index (κ2) is 9.22. The molecule has 0 aliphatic carbocycles. The maximum absolute atomic E-state index is 12.3. The average Bonchev–Trinajstić information content (AvgIpc) is 3.21. The van der Waals surface area contributed by atoms with Gasteiger partial charge in [0.2, 0.25) is 0 Å². The molecule has 1 saturated heterocycles. The van der Waals surface area contributed by atoms with Crippen LogP contribution in [0.4, 0.5) is 5.13 Å². The molecule has 0 bridgehead atoms. The number of carboxylic acid groups (broad SMARTS) is 1. The van der Waals surface area contributed by atoms with E-state index in [0.717, 1.165) is 16.7 Å².